The van der Waals surface area contributed by atoms with E-state index in [0.29, 0.717) is 18.6 Å². The molecule has 1 aromatic rings. The van der Waals surface area contributed by atoms with Crippen molar-refractivity contribution in [2.75, 3.05) is 20.3 Å². The lowest BCUT2D eigenvalue weighted by atomic mass is 10.2. The first-order valence-corrected chi connectivity index (χ1v) is 5.08. The molecule has 0 radical (unpaired) electrons. The van der Waals surface area contributed by atoms with E-state index in [4.69, 9.17) is 9.84 Å². The lowest BCUT2D eigenvalue weighted by Gasteiger charge is -2.16. The lowest BCUT2D eigenvalue weighted by Crippen LogP contribution is -2.38. The number of amides is 1. The van der Waals surface area contributed by atoms with Gasteiger partial charge in [-0.2, -0.15) is 0 Å². The average Bonchev–Trinajstić information content (AvgIpc) is 2.31. The van der Waals surface area contributed by atoms with Crippen LogP contribution in [0.4, 0.5) is 0 Å². The Morgan fingerprint density at radius 1 is 1.56 bits per heavy atom. The second-order valence-electron chi connectivity index (χ2n) is 3.37. The zero-order valence-corrected chi connectivity index (χ0v) is 9.22. The Bertz CT molecular complexity index is 310. The minimum absolute atomic E-state index is 0.0185. The van der Waals surface area contributed by atoms with Crippen LogP contribution in [0.1, 0.15) is 16.8 Å². The molecule has 5 heteroatoms. The van der Waals surface area contributed by atoms with E-state index in [1.807, 2.05) is 0 Å². The second kappa shape index (κ2) is 6.92. The smallest absolute Gasteiger partial charge is 0.251 e. The van der Waals surface area contributed by atoms with E-state index in [9.17, 15) is 4.79 Å². The Morgan fingerprint density at radius 3 is 2.81 bits per heavy atom. The van der Waals surface area contributed by atoms with Crippen molar-refractivity contribution in [1.29, 1.82) is 0 Å². The highest BCUT2D eigenvalue weighted by atomic mass is 16.5. The van der Waals surface area contributed by atoms with Crippen molar-refractivity contribution in [1.82, 2.24) is 10.3 Å². The van der Waals surface area contributed by atoms with Gasteiger partial charge in [0.25, 0.3) is 5.91 Å². The second-order valence-corrected chi connectivity index (χ2v) is 3.37. The highest BCUT2D eigenvalue weighted by Gasteiger charge is 2.12. The number of nitrogens with zero attached hydrogens (tertiary/aromatic N) is 1. The van der Waals surface area contributed by atoms with Gasteiger partial charge in [-0.25, -0.2) is 0 Å². The minimum Gasteiger partial charge on any atom is -0.396 e. The van der Waals surface area contributed by atoms with Crippen LogP contribution >= 0.6 is 0 Å². The summed E-state index contributed by atoms with van der Waals surface area (Å²) in [6.45, 7) is 0.405. The molecule has 0 spiro atoms. The molecule has 1 amide bonds. The summed E-state index contributed by atoms with van der Waals surface area (Å²) in [7, 11) is 1.56. The SMILES string of the molecule is COCC(CCO)NC(=O)c1ccncc1. The summed E-state index contributed by atoms with van der Waals surface area (Å²) < 4.78 is 4.96. The number of carbonyl (C=O) groups excluding carboxylic acids is 1. The molecule has 5 nitrogen and oxygen atoms in total. The number of methoxy groups -OCH3 is 1. The zero-order valence-electron chi connectivity index (χ0n) is 9.22. The maximum absolute atomic E-state index is 11.7. The van der Waals surface area contributed by atoms with Gasteiger partial charge in [0.15, 0.2) is 0 Å². The lowest BCUT2D eigenvalue weighted by molar-refractivity contribution is 0.0878. The minimum atomic E-state index is -0.182. The molecule has 2 N–H and O–H groups in total. The van der Waals surface area contributed by atoms with Crippen LogP contribution in [-0.4, -0.2) is 42.4 Å². The summed E-state index contributed by atoms with van der Waals surface area (Å²) >= 11 is 0. The van der Waals surface area contributed by atoms with Gasteiger partial charge in [0.1, 0.15) is 0 Å². The fraction of sp³-hybridized carbons (Fsp3) is 0.455. The van der Waals surface area contributed by atoms with Crippen molar-refractivity contribution in [2.24, 2.45) is 0 Å². The molecule has 0 saturated carbocycles. The van der Waals surface area contributed by atoms with E-state index in [1.54, 1.807) is 31.6 Å². The maximum Gasteiger partial charge on any atom is 0.251 e. The highest BCUT2D eigenvalue weighted by molar-refractivity contribution is 5.94. The molecule has 0 saturated heterocycles. The topological polar surface area (TPSA) is 71.5 Å². The fourth-order valence-corrected chi connectivity index (χ4v) is 1.33. The Hall–Kier alpha value is -1.46. The molecule has 1 rings (SSSR count). The van der Waals surface area contributed by atoms with Crippen LogP contribution in [-0.2, 0) is 4.74 Å². The number of carbonyl (C=O) groups is 1. The molecule has 0 fully saturated rings. The first-order valence-electron chi connectivity index (χ1n) is 5.08. The normalized spacial score (nSPS) is 12.1. The van der Waals surface area contributed by atoms with Gasteiger partial charge in [-0.05, 0) is 18.6 Å². The monoisotopic (exact) mass is 224 g/mol. The van der Waals surface area contributed by atoms with Gasteiger partial charge in [0.2, 0.25) is 0 Å². The van der Waals surface area contributed by atoms with Crippen molar-refractivity contribution in [3.63, 3.8) is 0 Å². The van der Waals surface area contributed by atoms with Gasteiger partial charge in [-0.1, -0.05) is 0 Å². The van der Waals surface area contributed by atoms with Crippen molar-refractivity contribution in [2.45, 2.75) is 12.5 Å². The number of aliphatic hydroxyl groups is 1. The molecule has 0 bridgehead atoms. The Balaban J connectivity index is 2.54. The first-order chi connectivity index (χ1) is 7.77. The molecule has 16 heavy (non-hydrogen) atoms. The number of rotatable bonds is 6. The van der Waals surface area contributed by atoms with E-state index >= 15 is 0 Å². The summed E-state index contributed by atoms with van der Waals surface area (Å²) in [6, 6.07) is 3.10. The molecule has 1 unspecified atom stereocenters. The molecule has 0 aliphatic rings. The number of nitrogens with one attached hydrogen (secondary N) is 1. The Kier molecular flexibility index (Phi) is 5.45. The van der Waals surface area contributed by atoms with E-state index in [-0.39, 0.29) is 18.6 Å². The summed E-state index contributed by atoms with van der Waals surface area (Å²) in [6.07, 6.45) is 3.60. The van der Waals surface area contributed by atoms with Crippen LogP contribution in [0.15, 0.2) is 24.5 Å². The standard InChI is InChI=1S/C11H16N2O3/c1-16-8-10(4-7-14)13-11(15)9-2-5-12-6-3-9/h2-3,5-6,10,14H,4,7-8H2,1H3,(H,13,15). The van der Waals surface area contributed by atoms with E-state index in [0.717, 1.165) is 0 Å². The van der Waals surface area contributed by atoms with Crippen molar-refractivity contribution in [3.05, 3.63) is 30.1 Å². The molecular formula is C11H16N2O3. The van der Waals surface area contributed by atoms with Crippen LogP contribution in [0.5, 0.6) is 0 Å². The molecule has 1 aromatic heterocycles. The van der Waals surface area contributed by atoms with Crippen molar-refractivity contribution >= 4 is 5.91 Å². The molecular weight excluding hydrogens is 208 g/mol. The van der Waals surface area contributed by atoms with Gasteiger partial charge in [0, 0.05) is 31.7 Å². The zero-order chi connectivity index (χ0) is 11.8. The van der Waals surface area contributed by atoms with Gasteiger partial charge < -0.3 is 15.2 Å². The number of pyridine rings is 1. The largest absolute Gasteiger partial charge is 0.396 e. The molecule has 88 valence electrons. The quantitative estimate of drug-likeness (QED) is 0.724. The van der Waals surface area contributed by atoms with Gasteiger partial charge >= 0.3 is 0 Å². The van der Waals surface area contributed by atoms with E-state index in [2.05, 4.69) is 10.3 Å². The molecule has 1 heterocycles. The Morgan fingerprint density at radius 2 is 2.25 bits per heavy atom. The van der Waals surface area contributed by atoms with Crippen LogP contribution in [0.25, 0.3) is 0 Å². The van der Waals surface area contributed by atoms with Gasteiger partial charge in [-0.3, -0.25) is 9.78 Å². The van der Waals surface area contributed by atoms with Gasteiger partial charge in [-0.15, -0.1) is 0 Å². The molecule has 1 atom stereocenters. The molecule has 0 aromatic carbocycles. The van der Waals surface area contributed by atoms with Crippen LogP contribution in [0.3, 0.4) is 0 Å². The number of aliphatic hydroxyl groups excluding tert-OH is 1. The third-order valence-electron chi connectivity index (χ3n) is 2.12. The predicted octanol–water partition coefficient (Wildman–Crippen LogP) is 0.209. The summed E-state index contributed by atoms with van der Waals surface area (Å²) in [5.41, 5.74) is 0.550. The third kappa shape index (κ3) is 3.96. The highest BCUT2D eigenvalue weighted by Crippen LogP contribution is 1.99. The summed E-state index contributed by atoms with van der Waals surface area (Å²) in [4.78, 5) is 15.6. The third-order valence-corrected chi connectivity index (χ3v) is 2.12. The molecule has 0 aliphatic carbocycles. The van der Waals surface area contributed by atoms with E-state index in [1.165, 1.54) is 0 Å². The average molecular weight is 224 g/mol. The van der Waals surface area contributed by atoms with Crippen LogP contribution in [0.2, 0.25) is 0 Å². The fourth-order valence-electron chi connectivity index (χ4n) is 1.33. The first kappa shape index (κ1) is 12.6. The van der Waals surface area contributed by atoms with E-state index < -0.39 is 0 Å². The maximum atomic E-state index is 11.7. The number of aromatic nitrogens is 1. The summed E-state index contributed by atoms with van der Waals surface area (Å²) in [5, 5.41) is 11.6. The van der Waals surface area contributed by atoms with Gasteiger partial charge in [0.05, 0.1) is 12.6 Å². The van der Waals surface area contributed by atoms with Crippen LogP contribution in [0, 0.1) is 0 Å². The van der Waals surface area contributed by atoms with Crippen molar-refractivity contribution < 1.29 is 14.6 Å². The Labute approximate surface area is 94.5 Å². The number of ether oxygens (including phenoxy) is 1. The van der Waals surface area contributed by atoms with Crippen LogP contribution < -0.4 is 5.32 Å². The number of hydrogen-bond acceptors (Lipinski definition) is 4. The predicted molar refractivity (Wildman–Crippen MR) is 59.1 cm³/mol. The summed E-state index contributed by atoms with van der Waals surface area (Å²) in [5.74, 6) is -0.182. The molecule has 0 aliphatic heterocycles. The van der Waals surface area contributed by atoms with Crippen molar-refractivity contribution in [3.8, 4) is 0 Å². The number of hydrogen-bond donors (Lipinski definition) is 2.